The Morgan fingerprint density at radius 1 is 1.28 bits per heavy atom. The molecule has 1 heterocycles. The van der Waals surface area contributed by atoms with E-state index in [2.05, 4.69) is 6.07 Å². The summed E-state index contributed by atoms with van der Waals surface area (Å²) in [6.45, 7) is 3.15. The van der Waals surface area contributed by atoms with Gasteiger partial charge in [-0.05, 0) is 43.0 Å². The maximum absolute atomic E-state index is 9.23. The van der Waals surface area contributed by atoms with E-state index in [-0.39, 0.29) is 11.5 Å². The quantitative estimate of drug-likeness (QED) is 0.864. The van der Waals surface area contributed by atoms with Gasteiger partial charge in [0.15, 0.2) is 11.5 Å². The molecule has 1 aromatic rings. The molecule has 0 amide bonds. The molecule has 94 valence electrons. The molecule has 1 aliphatic carbocycles. The first-order valence-corrected chi connectivity index (χ1v) is 6.23. The van der Waals surface area contributed by atoms with Crippen molar-refractivity contribution in [3.8, 4) is 17.6 Å². The normalized spacial score (nSPS) is 20.9. The van der Waals surface area contributed by atoms with Gasteiger partial charge in [0.05, 0.1) is 11.5 Å². The van der Waals surface area contributed by atoms with Gasteiger partial charge in [-0.25, -0.2) is 0 Å². The molecular weight excluding hydrogens is 228 g/mol. The second-order valence-corrected chi connectivity index (χ2v) is 5.10. The minimum atomic E-state index is -0.367. The SMILES string of the molecule is Cc1cc2c(cc1C(N)C1(C#N)CC1)OCCO2. The van der Waals surface area contributed by atoms with Crippen LogP contribution in [0.1, 0.15) is 30.0 Å². The van der Waals surface area contributed by atoms with Crippen molar-refractivity contribution in [2.45, 2.75) is 25.8 Å². The van der Waals surface area contributed by atoms with Gasteiger partial charge in [0.1, 0.15) is 13.2 Å². The summed E-state index contributed by atoms with van der Waals surface area (Å²) >= 11 is 0. The first-order chi connectivity index (χ1) is 8.66. The summed E-state index contributed by atoms with van der Waals surface area (Å²) in [7, 11) is 0. The summed E-state index contributed by atoms with van der Waals surface area (Å²) in [5.41, 5.74) is 7.96. The van der Waals surface area contributed by atoms with Gasteiger partial charge in [-0.1, -0.05) is 0 Å². The Labute approximate surface area is 106 Å². The lowest BCUT2D eigenvalue weighted by Crippen LogP contribution is -2.23. The third-order valence-electron chi connectivity index (χ3n) is 3.87. The predicted octanol–water partition coefficient (Wildman–Crippen LogP) is 2.07. The fraction of sp³-hybridized carbons (Fsp3) is 0.500. The monoisotopic (exact) mass is 244 g/mol. The van der Waals surface area contributed by atoms with E-state index in [1.54, 1.807) is 0 Å². The molecular formula is C14H16N2O2. The van der Waals surface area contributed by atoms with Gasteiger partial charge < -0.3 is 15.2 Å². The van der Waals surface area contributed by atoms with Crippen LogP contribution in [0.5, 0.6) is 11.5 Å². The van der Waals surface area contributed by atoms with Crippen LogP contribution in [0, 0.1) is 23.7 Å². The van der Waals surface area contributed by atoms with E-state index >= 15 is 0 Å². The number of nitrogens with two attached hydrogens (primary N) is 1. The zero-order valence-corrected chi connectivity index (χ0v) is 10.4. The third-order valence-corrected chi connectivity index (χ3v) is 3.87. The molecule has 2 N–H and O–H groups in total. The highest BCUT2D eigenvalue weighted by Crippen LogP contribution is 2.54. The highest BCUT2D eigenvalue weighted by Gasteiger charge is 2.49. The van der Waals surface area contributed by atoms with E-state index in [1.165, 1.54) is 0 Å². The fourth-order valence-electron chi connectivity index (χ4n) is 2.47. The lowest BCUT2D eigenvalue weighted by atomic mass is 9.89. The number of nitrogens with zero attached hydrogens (tertiary/aromatic N) is 1. The van der Waals surface area contributed by atoms with Crippen LogP contribution in [-0.2, 0) is 0 Å². The lowest BCUT2D eigenvalue weighted by Gasteiger charge is -2.24. The Morgan fingerprint density at radius 2 is 1.89 bits per heavy atom. The molecule has 18 heavy (non-hydrogen) atoms. The lowest BCUT2D eigenvalue weighted by molar-refractivity contribution is 0.171. The van der Waals surface area contributed by atoms with Crippen molar-refractivity contribution in [1.29, 1.82) is 5.26 Å². The number of hydrogen-bond acceptors (Lipinski definition) is 4. The zero-order valence-electron chi connectivity index (χ0n) is 10.4. The fourth-order valence-corrected chi connectivity index (χ4v) is 2.47. The topological polar surface area (TPSA) is 68.3 Å². The largest absolute Gasteiger partial charge is 0.486 e. The number of rotatable bonds is 2. The molecule has 1 aliphatic heterocycles. The molecule has 3 rings (SSSR count). The second-order valence-electron chi connectivity index (χ2n) is 5.10. The number of benzene rings is 1. The number of nitriles is 1. The minimum Gasteiger partial charge on any atom is -0.486 e. The summed E-state index contributed by atoms with van der Waals surface area (Å²) in [5.74, 6) is 1.52. The van der Waals surface area contributed by atoms with E-state index in [0.29, 0.717) is 13.2 Å². The zero-order chi connectivity index (χ0) is 12.8. The highest BCUT2D eigenvalue weighted by molar-refractivity contribution is 5.49. The van der Waals surface area contributed by atoms with Crippen LogP contribution in [0.15, 0.2) is 12.1 Å². The maximum Gasteiger partial charge on any atom is 0.161 e. The maximum atomic E-state index is 9.23. The summed E-state index contributed by atoms with van der Waals surface area (Å²) in [6, 6.07) is 6.02. The molecule has 0 spiro atoms. The molecule has 0 aromatic heterocycles. The predicted molar refractivity (Wildman–Crippen MR) is 66.4 cm³/mol. The Kier molecular flexibility index (Phi) is 2.46. The van der Waals surface area contributed by atoms with Crippen LogP contribution < -0.4 is 15.2 Å². The second kappa shape index (κ2) is 3.89. The highest BCUT2D eigenvalue weighted by atomic mass is 16.6. The summed E-state index contributed by atoms with van der Waals surface area (Å²) in [6.07, 6.45) is 1.77. The molecule has 1 aromatic carbocycles. The van der Waals surface area contributed by atoms with E-state index in [9.17, 15) is 5.26 Å². The van der Waals surface area contributed by atoms with Crippen molar-refractivity contribution in [2.24, 2.45) is 11.1 Å². The average molecular weight is 244 g/mol. The third kappa shape index (κ3) is 1.63. The number of fused-ring (bicyclic) bond motifs is 1. The Balaban J connectivity index is 2.00. The molecule has 0 saturated heterocycles. The summed E-state index contributed by atoms with van der Waals surface area (Å²) in [4.78, 5) is 0. The average Bonchev–Trinajstić information content (AvgIpc) is 3.18. The van der Waals surface area contributed by atoms with Crippen molar-refractivity contribution >= 4 is 0 Å². The molecule has 4 nitrogen and oxygen atoms in total. The Bertz CT molecular complexity index is 529. The van der Waals surface area contributed by atoms with Gasteiger partial charge in [0, 0.05) is 6.04 Å². The molecule has 2 aliphatic rings. The Hall–Kier alpha value is -1.73. The summed E-state index contributed by atoms with van der Waals surface area (Å²) in [5, 5.41) is 9.23. The van der Waals surface area contributed by atoms with Gasteiger partial charge in [-0.15, -0.1) is 0 Å². The Morgan fingerprint density at radius 3 is 2.44 bits per heavy atom. The molecule has 1 atom stereocenters. The molecule has 1 saturated carbocycles. The van der Waals surface area contributed by atoms with Crippen LogP contribution in [-0.4, -0.2) is 13.2 Å². The van der Waals surface area contributed by atoms with Gasteiger partial charge >= 0.3 is 0 Å². The van der Waals surface area contributed by atoms with E-state index in [4.69, 9.17) is 15.2 Å². The molecule has 1 fully saturated rings. The van der Waals surface area contributed by atoms with E-state index in [0.717, 1.165) is 35.5 Å². The van der Waals surface area contributed by atoms with Crippen molar-refractivity contribution < 1.29 is 9.47 Å². The smallest absolute Gasteiger partial charge is 0.161 e. The van der Waals surface area contributed by atoms with Crippen molar-refractivity contribution in [3.05, 3.63) is 23.3 Å². The van der Waals surface area contributed by atoms with Crippen LogP contribution in [0.25, 0.3) is 0 Å². The van der Waals surface area contributed by atoms with Crippen LogP contribution >= 0.6 is 0 Å². The van der Waals surface area contributed by atoms with Crippen molar-refractivity contribution in [1.82, 2.24) is 0 Å². The van der Waals surface area contributed by atoms with Crippen LogP contribution in [0.2, 0.25) is 0 Å². The van der Waals surface area contributed by atoms with Crippen LogP contribution in [0.3, 0.4) is 0 Å². The molecule has 1 unspecified atom stereocenters. The van der Waals surface area contributed by atoms with Crippen molar-refractivity contribution in [3.63, 3.8) is 0 Å². The van der Waals surface area contributed by atoms with Crippen LogP contribution in [0.4, 0.5) is 0 Å². The van der Waals surface area contributed by atoms with E-state index < -0.39 is 0 Å². The molecule has 0 bridgehead atoms. The number of hydrogen-bond donors (Lipinski definition) is 1. The first kappa shape index (κ1) is 11.4. The molecule has 4 heteroatoms. The summed E-state index contributed by atoms with van der Waals surface area (Å²) < 4.78 is 11.1. The van der Waals surface area contributed by atoms with Gasteiger partial charge in [0.25, 0.3) is 0 Å². The van der Waals surface area contributed by atoms with Crippen molar-refractivity contribution in [2.75, 3.05) is 13.2 Å². The standard InChI is InChI=1S/C14H16N2O2/c1-9-6-11-12(18-5-4-17-11)7-10(9)13(16)14(8-15)2-3-14/h6-7,13H,2-5,16H2,1H3. The number of ether oxygens (including phenoxy) is 2. The minimum absolute atomic E-state index is 0.238. The van der Waals surface area contributed by atoms with Gasteiger partial charge in [-0.2, -0.15) is 5.26 Å². The van der Waals surface area contributed by atoms with Gasteiger partial charge in [-0.3, -0.25) is 0 Å². The van der Waals surface area contributed by atoms with E-state index in [1.807, 2.05) is 19.1 Å². The molecule has 0 radical (unpaired) electrons. The first-order valence-electron chi connectivity index (χ1n) is 6.23. The number of aryl methyl sites for hydroxylation is 1. The van der Waals surface area contributed by atoms with Gasteiger partial charge in [0.2, 0.25) is 0 Å².